The second-order valence-electron chi connectivity index (χ2n) is 9.38. The molecule has 32 heavy (non-hydrogen) atoms. The van der Waals surface area contributed by atoms with Crippen LogP contribution in [0.2, 0.25) is 0 Å². The molecule has 1 saturated carbocycles. The largest absolute Gasteiger partial charge is 0.433 e. The van der Waals surface area contributed by atoms with Gasteiger partial charge in [-0.1, -0.05) is 32.7 Å². The lowest BCUT2D eigenvalue weighted by Gasteiger charge is -2.20. The van der Waals surface area contributed by atoms with Gasteiger partial charge < -0.3 is 4.57 Å². The van der Waals surface area contributed by atoms with Gasteiger partial charge in [0.25, 0.3) is 0 Å². The number of hydrogen-bond donors (Lipinski definition) is 1. The molecule has 0 unspecified atom stereocenters. The molecule has 1 N–H and O–H groups in total. The average molecular weight is 470 g/mol. The zero-order valence-electron chi connectivity index (χ0n) is 18.0. The van der Waals surface area contributed by atoms with Gasteiger partial charge >= 0.3 is 6.18 Å². The first-order chi connectivity index (χ1) is 14.9. The first kappa shape index (κ1) is 23.0. The first-order valence-electron chi connectivity index (χ1n) is 10.4. The Bertz CT molecular complexity index is 1140. The highest BCUT2D eigenvalue weighted by atomic mass is 32.2. The Morgan fingerprint density at radius 3 is 2.44 bits per heavy atom. The number of rotatable bonds is 6. The Kier molecular flexibility index (Phi) is 6.00. The van der Waals surface area contributed by atoms with Gasteiger partial charge in [-0.25, -0.2) is 13.8 Å². The SMILES string of the molecule is CC(C)(C)Cn1cc(CNSC2CC2)c2cc(F)c(-c3cc(F)cnc3C(F)(F)F)cc21. The molecule has 1 fully saturated rings. The van der Waals surface area contributed by atoms with Crippen molar-refractivity contribution in [2.24, 2.45) is 5.41 Å². The topological polar surface area (TPSA) is 29.9 Å². The molecular formula is C23H24F5N3S. The van der Waals surface area contributed by atoms with Crippen LogP contribution in [0.4, 0.5) is 22.0 Å². The van der Waals surface area contributed by atoms with Crippen LogP contribution in [0.15, 0.2) is 30.6 Å². The van der Waals surface area contributed by atoms with Gasteiger partial charge in [-0.05, 0) is 42.0 Å². The highest BCUT2D eigenvalue weighted by molar-refractivity contribution is 7.98. The molecule has 4 rings (SSSR count). The van der Waals surface area contributed by atoms with Crippen LogP contribution in [-0.4, -0.2) is 14.8 Å². The predicted octanol–water partition coefficient (Wildman–Crippen LogP) is 6.95. The third-order valence-corrected chi connectivity index (χ3v) is 6.26. The van der Waals surface area contributed by atoms with Gasteiger partial charge in [-0.15, -0.1) is 0 Å². The average Bonchev–Trinajstić information content (AvgIpc) is 3.43. The summed E-state index contributed by atoms with van der Waals surface area (Å²) in [6, 6.07) is 3.30. The van der Waals surface area contributed by atoms with Crippen LogP contribution in [0.1, 0.15) is 44.9 Å². The van der Waals surface area contributed by atoms with Crippen molar-refractivity contribution in [3.05, 3.63) is 53.5 Å². The molecule has 0 amide bonds. The molecule has 0 atom stereocenters. The zero-order chi connectivity index (χ0) is 23.3. The minimum Gasteiger partial charge on any atom is -0.347 e. The fourth-order valence-corrected chi connectivity index (χ4v) is 4.51. The van der Waals surface area contributed by atoms with Crippen LogP contribution in [0, 0.1) is 17.0 Å². The van der Waals surface area contributed by atoms with E-state index < -0.39 is 29.1 Å². The van der Waals surface area contributed by atoms with E-state index in [0.717, 1.165) is 5.56 Å². The number of fused-ring (bicyclic) bond motifs is 1. The lowest BCUT2D eigenvalue weighted by molar-refractivity contribution is -0.140. The number of benzene rings is 1. The third-order valence-electron chi connectivity index (χ3n) is 5.15. The summed E-state index contributed by atoms with van der Waals surface area (Å²) in [5.41, 5.74) is -0.904. The van der Waals surface area contributed by atoms with Crippen LogP contribution in [0.3, 0.4) is 0 Å². The lowest BCUT2D eigenvalue weighted by atomic mass is 9.96. The maximum atomic E-state index is 15.1. The van der Waals surface area contributed by atoms with E-state index in [0.29, 0.717) is 41.5 Å². The Morgan fingerprint density at radius 2 is 1.81 bits per heavy atom. The van der Waals surface area contributed by atoms with Gasteiger partial charge in [-0.2, -0.15) is 13.2 Å². The van der Waals surface area contributed by atoms with Gasteiger partial charge in [0.05, 0.1) is 6.20 Å². The van der Waals surface area contributed by atoms with Gasteiger partial charge in [0, 0.05) is 46.6 Å². The summed E-state index contributed by atoms with van der Waals surface area (Å²) < 4.78 is 74.7. The van der Waals surface area contributed by atoms with E-state index in [1.165, 1.54) is 25.0 Å². The second-order valence-corrected chi connectivity index (χ2v) is 10.6. The van der Waals surface area contributed by atoms with Crippen molar-refractivity contribution in [2.45, 2.75) is 58.1 Å². The molecule has 2 heterocycles. The minimum atomic E-state index is -4.84. The van der Waals surface area contributed by atoms with E-state index in [2.05, 4.69) is 9.71 Å². The summed E-state index contributed by atoms with van der Waals surface area (Å²) in [5, 5.41) is 1.22. The van der Waals surface area contributed by atoms with Crippen molar-refractivity contribution >= 4 is 22.9 Å². The van der Waals surface area contributed by atoms with Crippen LogP contribution in [-0.2, 0) is 19.3 Å². The van der Waals surface area contributed by atoms with Gasteiger partial charge in [0.15, 0.2) is 5.69 Å². The molecule has 172 valence electrons. The number of hydrogen-bond acceptors (Lipinski definition) is 3. The highest BCUT2D eigenvalue weighted by Crippen LogP contribution is 2.39. The molecule has 0 aliphatic heterocycles. The van der Waals surface area contributed by atoms with Crippen LogP contribution >= 0.6 is 11.9 Å². The molecular weight excluding hydrogens is 445 g/mol. The van der Waals surface area contributed by atoms with Crippen molar-refractivity contribution < 1.29 is 22.0 Å². The van der Waals surface area contributed by atoms with E-state index in [1.807, 2.05) is 31.5 Å². The monoisotopic (exact) mass is 469 g/mol. The molecule has 0 spiro atoms. The van der Waals surface area contributed by atoms with Crippen molar-refractivity contribution in [1.82, 2.24) is 14.3 Å². The predicted molar refractivity (Wildman–Crippen MR) is 117 cm³/mol. The standard InChI is InChI=1S/C23H24F5N3S/c1-22(2,3)12-31-11-13(9-30-32-15-4-5-15)16-7-19(25)17(8-20(16)31)18-6-14(24)10-29-21(18)23(26,27)28/h6-8,10-11,15,30H,4-5,9,12H2,1-3H3. The maximum absolute atomic E-state index is 15.1. The van der Waals surface area contributed by atoms with Crippen LogP contribution < -0.4 is 4.72 Å². The number of alkyl halides is 3. The Labute approximate surface area is 187 Å². The quantitative estimate of drug-likeness (QED) is 0.313. The van der Waals surface area contributed by atoms with Crippen molar-refractivity contribution in [2.75, 3.05) is 0 Å². The molecule has 9 heteroatoms. The molecule has 1 aliphatic rings. The highest BCUT2D eigenvalue weighted by Gasteiger charge is 2.36. The number of halogens is 5. The Hall–Kier alpha value is -2.13. The van der Waals surface area contributed by atoms with E-state index in [1.54, 1.807) is 11.9 Å². The summed E-state index contributed by atoms with van der Waals surface area (Å²) in [5.74, 6) is -1.81. The van der Waals surface area contributed by atoms with Crippen molar-refractivity contribution in [3.63, 3.8) is 0 Å². The van der Waals surface area contributed by atoms with Crippen LogP contribution in [0.5, 0.6) is 0 Å². The second kappa shape index (κ2) is 8.33. The first-order valence-corrected chi connectivity index (χ1v) is 11.2. The summed E-state index contributed by atoms with van der Waals surface area (Å²) in [4.78, 5) is 3.21. The van der Waals surface area contributed by atoms with E-state index in [4.69, 9.17) is 0 Å². The van der Waals surface area contributed by atoms with Gasteiger partial charge in [-0.3, -0.25) is 4.72 Å². The van der Waals surface area contributed by atoms with E-state index in [-0.39, 0.29) is 11.0 Å². The normalized spacial score (nSPS) is 15.0. The molecule has 0 bridgehead atoms. The molecule has 0 radical (unpaired) electrons. The molecule has 0 saturated heterocycles. The van der Waals surface area contributed by atoms with Gasteiger partial charge in [0.1, 0.15) is 11.6 Å². The number of nitrogens with one attached hydrogen (secondary N) is 1. The van der Waals surface area contributed by atoms with Crippen LogP contribution in [0.25, 0.3) is 22.0 Å². The molecule has 2 aromatic heterocycles. The van der Waals surface area contributed by atoms with Crippen molar-refractivity contribution in [1.29, 1.82) is 0 Å². The zero-order valence-corrected chi connectivity index (χ0v) is 18.8. The Morgan fingerprint density at radius 1 is 1.09 bits per heavy atom. The Balaban J connectivity index is 1.84. The fraction of sp³-hybridized carbons (Fsp3) is 0.435. The summed E-state index contributed by atoms with van der Waals surface area (Å²) in [6.45, 7) is 7.22. The molecule has 3 aromatic rings. The minimum absolute atomic E-state index is 0.120. The summed E-state index contributed by atoms with van der Waals surface area (Å²) in [6.07, 6.45) is -0.0945. The molecule has 3 nitrogen and oxygen atoms in total. The number of nitrogens with zero attached hydrogens (tertiary/aromatic N) is 2. The maximum Gasteiger partial charge on any atom is 0.433 e. The fourth-order valence-electron chi connectivity index (χ4n) is 3.67. The molecule has 1 aliphatic carbocycles. The summed E-state index contributed by atoms with van der Waals surface area (Å²) in [7, 11) is 0. The van der Waals surface area contributed by atoms with E-state index >= 15 is 4.39 Å². The number of aromatic nitrogens is 2. The molecule has 1 aromatic carbocycles. The third kappa shape index (κ3) is 5.09. The number of pyridine rings is 1. The van der Waals surface area contributed by atoms with Crippen molar-refractivity contribution in [3.8, 4) is 11.1 Å². The smallest absolute Gasteiger partial charge is 0.347 e. The van der Waals surface area contributed by atoms with Gasteiger partial charge in [0.2, 0.25) is 0 Å². The summed E-state index contributed by atoms with van der Waals surface area (Å²) >= 11 is 1.65. The van der Waals surface area contributed by atoms with E-state index in [9.17, 15) is 17.6 Å². The lowest BCUT2D eigenvalue weighted by Crippen LogP contribution is -2.15.